The highest BCUT2D eigenvalue weighted by Crippen LogP contribution is 2.32. The molecular formula is C26H24N4O6. The number of ether oxygens (including phenoxy) is 3. The molecular weight excluding hydrogens is 464 g/mol. The minimum absolute atomic E-state index is 0.144. The molecule has 10 heteroatoms. The highest BCUT2D eigenvalue weighted by molar-refractivity contribution is 6.35. The van der Waals surface area contributed by atoms with E-state index >= 15 is 0 Å². The van der Waals surface area contributed by atoms with Crippen molar-refractivity contribution in [2.45, 2.75) is 13.1 Å². The van der Waals surface area contributed by atoms with Crippen LogP contribution < -0.4 is 30.3 Å². The molecule has 4 rings (SSSR count). The fourth-order valence-corrected chi connectivity index (χ4v) is 3.21. The Hall–Kier alpha value is -4.86. The van der Waals surface area contributed by atoms with Crippen LogP contribution in [-0.4, -0.2) is 37.3 Å². The molecule has 0 atom stereocenters. The number of nitrogens with one attached hydrogen (secondary N) is 3. The first kappa shape index (κ1) is 24.3. The van der Waals surface area contributed by atoms with Gasteiger partial charge in [-0.25, -0.2) is 5.43 Å². The Kier molecular flexibility index (Phi) is 8.10. The van der Waals surface area contributed by atoms with Gasteiger partial charge in [-0.2, -0.15) is 5.10 Å². The Morgan fingerprint density at radius 1 is 0.833 bits per heavy atom. The van der Waals surface area contributed by atoms with Crippen LogP contribution in [0.3, 0.4) is 0 Å². The van der Waals surface area contributed by atoms with Crippen molar-refractivity contribution in [1.29, 1.82) is 0 Å². The maximum Gasteiger partial charge on any atom is 0.329 e. The second-order valence-electron chi connectivity index (χ2n) is 7.69. The highest BCUT2D eigenvalue weighted by atomic mass is 16.7. The van der Waals surface area contributed by atoms with Crippen molar-refractivity contribution in [1.82, 2.24) is 16.1 Å². The van der Waals surface area contributed by atoms with Crippen LogP contribution in [0.15, 0.2) is 77.9 Å². The van der Waals surface area contributed by atoms with Crippen molar-refractivity contribution in [2.24, 2.45) is 5.10 Å². The van der Waals surface area contributed by atoms with E-state index in [9.17, 15) is 14.4 Å². The number of carbonyl (C=O) groups is 3. The van der Waals surface area contributed by atoms with Gasteiger partial charge in [-0.3, -0.25) is 14.4 Å². The fraction of sp³-hybridized carbons (Fsp3) is 0.154. The standard InChI is InChI=1S/C26H24N4O6/c31-24(27-13-18-5-2-1-3-6-18)16-34-21-8-4-7-19(11-21)15-29-30-26(33)25(32)28-14-20-9-10-22-23(12-20)36-17-35-22/h1-12,15H,13-14,16-17H2,(H,27,31)(H,28,32)(H,30,33)/b29-15-. The van der Waals surface area contributed by atoms with Gasteiger partial charge in [0.25, 0.3) is 5.91 Å². The van der Waals surface area contributed by atoms with Gasteiger partial charge in [0.05, 0.1) is 6.21 Å². The number of amides is 3. The lowest BCUT2D eigenvalue weighted by molar-refractivity contribution is -0.139. The summed E-state index contributed by atoms with van der Waals surface area (Å²) in [5.74, 6) is -0.302. The summed E-state index contributed by atoms with van der Waals surface area (Å²) in [5, 5.41) is 9.11. The van der Waals surface area contributed by atoms with Crippen LogP contribution in [-0.2, 0) is 27.5 Å². The summed E-state index contributed by atoms with van der Waals surface area (Å²) in [6.45, 7) is 0.572. The normalized spacial score (nSPS) is 11.7. The molecule has 0 saturated carbocycles. The second kappa shape index (κ2) is 12.0. The third-order valence-electron chi connectivity index (χ3n) is 5.04. The Morgan fingerprint density at radius 3 is 2.50 bits per heavy atom. The molecule has 10 nitrogen and oxygen atoms in total. The molecule has 3 aromatic carbocycles. The largest absolute Gasteiger partial charge is 0.484 e. The van der Waals surface area contributed by atoms with Gasteiger partial charge >= 0.3 is 11.8 Å². The Bertz CT molecular complexity index is 1260. The molecule has 3 amide bonds. The highest BCUT2D eigenvalue weighted by Gasteiger charge is 2.15. The predicted molar refractivity (Wildman–Crippen MR) is 130 cm³/mol. The average Bonchev–Trinajstić information content (AvgIpc) is 3.38. The molecule has 0 spiro atoms. The van der Waals surface area contributed by atoms with Crippen LogP contribution >= 0.6 is 0 Å². The van der Waals surface area contributed by atoms with E-state index < -0.39 is 11.8 Å². The summed E-state index contributed by atoms with van der Waals surface area (Å²) < 4.78 is 16.1. The van der Waals surface area contributed by atoms with E-state index in [4.69, 9.17) is 14.2 Å². The molecule has 3 aromatic rings. The van der Waals surface area contributed by atoms with E-state index in [1.54, 1.807) is 42.5 Å². The lowest BCUT2D eigenvalue weighted by Gasteiger charge is -2.08. The zero-order valence-corrected chi connectivity index (χ0v) is 19.2. The third kappa shape index (κ3) is 7.07. The summed E-state index contributed by atoms with van der Waals surface area (Å²) >= 11 is 0. The van der Waals surface area contributed by atoms with E-state index in [-0.39, 0.29) is 25.9 Å². The number of hydrogen-bond donors (Lipinski definition) is 3. The molecule has 0 saturated heterocycles. The second-order valence-corrected chi connectivity index (χ2v) is 7.69. The van der Waals surface area contributed by atoms with Crippen molar-refractivity contribution >= 4 is 23.9 Å². The van der Waals surface area contributed by atoms with Gasteiger partial charge in [0.2, 0.25) is 6.79 Å². The van der Waals surface area contributed by atoms with E-state index in [0.29, 0.717) is 29.4 Å². The number of nitrogens with zero attached hydrogens (tertiary/aromatic N) is 1. The smallest absolute Gasteiger partial charge is 0.329 e. The number of fused-ring (bicyclic) bond motifs is 1. The minimum Gasteiger partial charge on any atom is -0.484 e. The molecule has 3 N–H and O–H groups in total. The SMILES string of the molecule is O=C(COc1cccc(/C=N\NC(=O)C(=O)NCc2ccc3c(c2)OCO3)c1)NCc1ccccc1. The van der Waals surface area contributed by atoms with Crippen LogP contribution in [0.1, 0.15) is 16.7 Å². The maximum atomic E-state index is 12.0. The zero-order chi connectivity index (χ0) is 25.2. The molecule has 1 heterocycles. The van der Waals surface area contributed by atoms with Crippen molar-refractivity contribution in [3.8, 4) is 17.2 Å². The van der Waals surface area contributed by atoms with Crippen LogP contribution in [0, 0.1) is 0 Å². The molecule has 0 radical (unpaired) electrons. The Morgan fingerprint density at radius 2 is 1.64 bits per heavy atom. The van der Waals surface area contributed by atoms with E-state index in [1.165, 1.54) is 6.21 Å². The van der Waals surface area contributed by atoms with Crippen LogP contribution in [0.2, 0.25) is 0 Å². The summed E-state index contributed by atoms with van der Waals surface area (Å²) in [6.07, 6.45) is 1.37. The zero-order valence-electron chi connectivity index (χ0n) is 19.2. The van der Waals surface area contributed by atoms with Gasteiger partial charge in [0.15, 0.2) is 18.1 Å². The van der Waals surface area contributed by atoms with Crippen LogP contribution in [0.25, 0.3) is 0 Å². The molecule has 36 heavy (non-hydrogen) atoms. The molecule has 1 aliphatic rings. The topological polar surface area (TPSA) is 127 Å². The first-order chi connectivity index (χ1) is 17.6. The third-order valence-corrected chi connectivity index (χ3v) is 5.04. The number of hydrogen-bond acceptors (Lipinski definition) is 7. The van der Waals surface area contributed by atoms with Gasteiger partial charge < -0.3 is 24.8 Å². The minimum atomic E-state index is -0.908. The van der Waals surface area contributed by atoms with Crippen LogP contribution in [0.4, 0.5) is 0 Å². The van der Waals surface area contributed by atoms with Crippen molar-refractivity contribution in [3.63, 3.8) is 0 Å². The first-order valence-electron chi connectivity index (χ1n) is 11.1. The Balaban J connectivity index is 1.19. The first-order valence-corrected chi connectivity index (χ1v) is 11.1. The number of carbonyl (C=O) groups excluding carboxylic acids is 3. The van der Waals surface area contributed by atoms with Crippen LogP contribution in [0.5, 0.6) is 17.2 Å². The summed E-state index contributed by atoms with van der Waals surface area (Å²) in [7, 11) is 0. The molecule has 0 aliphatic carbocycles. The van der Waals surface area contributed by atoms with Gasteiger partial charge in [0, 0.05) is 13.1 Å². The van der Waals surface area contributed by atoms with E-state index in [2.05, 4.69) is 21.2 Å². The van der Waals surface area contributed by atoms with Crippen molar-refractivity contribution in [3.05, 3.63) is 89.5 Å². The number of benzene rings is 3. The molecule has 184 valence electrons. The van der Waals surface area contributed by atoms with Gasteiger partial charge in [-0.15, -0.1) is 0 Å². The molecule has 0 fully saturated rings. The van der Waals surface area contributed by atoms with E-state index in [1.807, 2.05) is 30.3 Å². The predicted octanol–water partition coefficient (Wildman–Crippen LogP) is 1.88. The maximum absolute atomic E-state index is 12.0. The van der Waals surface area contributed by atoms with Gasteiger partial charge in [-0.1, -0.05) is 48.5 Å². The van der Waals surface area contributed by atoms with Gasteiger partial charge in [-0.05, 0) is 41.0 Å². The van der Waals surface area contributed by atoms with Crippen molar-refractivity contribution in [2.75, 3.05) is 13.4 Å². The van der Waals surface area contributed by atoms with E-state index in [0.717, 1.165) is 11.1 Å². The summed E-state index contributed by atoms with van der Waals surface area (Å²) in [6, 6.07) is 21.6. The number of rotatable bonds is 9. The van der Waals surface area contributed by atoms with Gasteiger partial charge in [0.1, 0.15) is 5.75 Å². The lowest BCUT2D eigenvalue weighted by Crippen LogP contribution is -2.37. The molecule has 0 bridgehead atoms. The molecule has 0 unspecified atom stereocenters. The average molecular weight is 489 g/mol. The fourth-order valence-electron chi connectivity index (χ4n) is 3.21. The van der Waals surface area contributed by atoms with Crippen molar-refractivity contribution < 1.29 is 28.6 Å². The summed E-state index contributed by atoms with van der Waals surface area (Å²) in [5.41, 5.74) is 4.54. The Labute approximate surface area is 207 Å². The quantitative estimate of drug-likeness (QED) is 0.240. The summed E-state index contributed by atoms with van der Waals surface area (Å²) in [4.78, 5) is 36.0. The lowest BCUT2D eigenvalue weighted by atomic mass is 10.2. The number of hydrazone groups is 1. The monoisotopic (exact) mass is 488 g/mol. The molecule has 1 aliphatic heterocycles. The molecule has 0 aromatic heterocycles.